The minimum atomic E-state index is 0.242. The van der Waals surface area contributed by atoms with Crippen molar-refractivity contribution in [3.8, 4) is 0 Å². The van der Waals surface area contributed by atoms with Crippen molar-refractivity contribution in [1.82, 2.24) is 14.7 Å². The second kappa shape index (κ2) is 9.32. The molecule has 118 valence electrons. The summed E-state index contributed by atoms with van der Waals surface area (Å²) in [6.45, 7) is 7.95. The zero-order valence-electron chi connectivity index (χ0n) is 13.5. The van der Waals surface area contributed by atoms with Crippen molar-refractivity contribution in [3.63, 3.8) is 0 Å². The third-order valence-corrected chi connectivity index (χ3v) is 4.23. The average Bonchev–Trinajstić information content (AvgIpc) is 2.63. The Morgan fingerprint density at radius 2 is 2.15 bits per heavy atom. The van der Waals surface area contributed by atoms with E-state index in [-0.39, 0.29) is 5.91 Å². The smallest absolute Gasteiger partial charge is 0.223 e. The number of carbonyl (C=O) groups is 1. The molecule has 20 heavy (non-hydrogen) atoms. The van der Waals surface area contributed by atoms with E-state index in [0.29, 0.717) is 19.0 Å². The largest absolute Gasteiger partial charge is 0.346 e. The van der Waals surface area contributed by atoms with Gasteiger partial charge in [0, 0.05) is 39.1 Å². The van der Waals surface area contributed by atoms with Gasteiger partial charge in [-0.2, -0.15) is 0 Å². The van der Waals surface area contributed by atoms with Gasteiger partial charge in [-0.1, -0.05) is 6.92 Å². The Bertz CT molecular complexity index is 285. The predicted octanol–water partition coefficient (Wildman–Crippen LogP) is 0.600. The molecule has 0 aliphatic carbocycles. The Labute approximate surface area is 124 Å². The molecule has 0 aromatic rings. The molecule has 0 saturated carbocycles. The molecule has 1 aliphatic rings. The highest BCUT2D eigenvalue weighted by Crippen LogP contribution is 2.12. The van der Waals surface area contributed by atoms with Crippen LogP contribution in [-0.4, -0.2) is 80.0 Å². The third-order valence-electron chi connectivity index (χ3n) is 4.23. The lowest BCUT2D eigenvalue weighted by atomic mass is 10.1. The molecule has 0 aromatic carbocycles. The highest BCUT2D eigenvalue weighted by molar-refractivity contribution is 5.76. The second-order valence-corrected chi connectivity index (χ2v) is 5.92. The van der Waals surface area contributed by atoms with E-state index < -0.39 is 0 Å². The van der Waals surface area contributed by atoms with Crippen molar-refractivity contribution >= 4 is 5.91 Å². The van der Waals surface area contributed by atoms with Gasteiger partial charge in [0.05, 0.1) is 0 Å². The van der Waals surface area contributed by atoms with Crippen LogP contribution in [0.1, 0.15) is 32.6 Å². The summed E-state index contributed by atoms with van der Waals surface area (Å²) in [4.78, 5) is 18.8. The van der Waals surface area contributed by atoms with Crippen molar-refractivity contribution in [2.24, 2.45) is 5.73 Å². The van der Waals surface area contributed by atoms with Gasteiger partial charge in [0.2, 0.25) is 5.91 Å². The van der Waals surface area contributed by atoms with Gasteiger partial charge in [-0.05, 0) is 45.9 Å². The van der Waals surface area contributed by atoms with Crippen LogP contribution < -0.4 is 5.73 Å². The number of hydrogen-bond acceptors (Lipinski definition) is 4. The quantitative estimate of drug-likeness (QED) is 0.744. The fourth-order valence-electron chi connectivity index (χ4n) is 2.86. The minimum Gasteiger partial charge on any atom is -0.346 e. The molecule has 1 saturated heterocycles. The summed E-state index contributed by atoms with van der Waals surface area (Å²) >= 11 is 0. The van der Waals surface area contributed by atoms with E-state index in [9.17, 15) is 4.79 Å². The van der Waals surface area contributed by atoms with Crippen LogP contribution in [-0.2, 0) is 4.79 Å². The molecular formula is C15H32N4O. The van der Waals surface area contributed by atoms with Crippen LogP contribution in [0.4, 0.5) is 0 Å². The van der Waals surface area contributed by atoms with Gasteiger partial charge in [-0.3, -0.25) is 9.69 Å². The molecule has 0 aromatic heterocycles. The van der Waals surface area contributed by atoms with Crippen LogP contribution in [0.2, 0.25) is 0 Å². The standard InChI is InChI=1S/C15H32N4O/c1-4-14-13-17(2)9-6-11-19(14)12-7-15(20)18(3)10-5-8-16/h14H,4-13,16H2,1-3H3. The molecular weight excluding hydrogens is 252 g/mol. The summed E-state index contributed by atoms with van der Waals surface area (Å²) in [7, 11) is 4.07. The monoisotopic (exact) mass is 284 g/mol. The van der Waals surface area contributed by atoms with Crippen LogP contribution in [0.15, 0.2) is 0 Å². The number of rotatable bonds is 7. The van der Waals surface area contributed by atoms with E-state index in [1.165, 1.54) is 6.42 Å². The summed E-state index contributed by atoms with van der Waals surface area (Å²) < 4.78 is 0. The molecule has 2 N–H and O–H groups in total. The van der Waals surface area contributed by atoms with Gasteiger partial charge in [-0.25, -0.2) is 0 Å². The first kappa shape index (κ1) is 17.4. The second-order valence-electron chi connectivity index (χ2n) is 5.92. The Hall–Kier alpha value is -0.650. The lowest BCUT2D eigenvalue weighted by Gasteiger charge is -2.30. The molecule has 0 spiro atoms. The van der Waals surface area contributed by atoms with E-state index in [0.717, 1.165) is 45.6 Å². The summed E-state index contributed by atoms with van der Waals surface area (Å²) in [5.74, 6) is 0.242. The molecule has 1 atom stereocenters. The van der Waals surface area contributed by atoms with Crippen molar-refractivity contribution in [3.05, 3.63) is 0 Å². The molecule has 5 nitrogen and oxygen atoms in total. The van der Waals surface area contributed by atoms with Crippen LogP contribution in [0.3, 0.4) is 0 Å². The maximum atomic E-state index is 12.1. The molecule has 1 unspecified atom stereocenters. The zero-order chi connectivity index (χ0) is 15.0. The number of likely N-dealkylation sites (N-methyl/N-ethyl adjacent to an activating group) is 1. The summed E-state index contributed by atoms with van der Waals surface area (Å²) in [5, 5.41) is 0. The first-order valence-corrected chi connectivity index (χ1v) is 7.95. The molecule has 1 aliphatic heterocycles. The van der Waals surface area contributed by atoms with Crippen molar-refractivity contribution in [2.45, 2.75) is 38.6 Å². The fraction of sp³-hybridized carbons (Fsp3) is 0.933. The lowest BCUT2D eigenvalue weighted by molar-refractivity contribution is -0.130. The fourth-order valence-corrected chi connectivity index (χ4v) is 2.86. The van der Waals surface area contributed by atoms with Gasteiger partial charge in [0.1, 0.15) is 0 Å². The van der Waals surface area contributed by atoms with Crippen molar-refractivity contribution in [1.29, 1.82) is 0 Å². The zero-order valence-corrected chi connectivity index (χ0v) is 13.5. The van der Waals surface area contributed by atoms with Gasteiger partial charge < -0.3 is 15.5 Å². The summed E-state index contributed by atoms with van der Waals surface area (Å²) in [6, 6.07) is 0.588. The van der Waals surface area contributed by atoms with Crippen molar-refractivity contribution < 1.29 is 4.79 Å². The van der Waals surface area contributed by atoms with E-state index in [4.69, 9.17) is 5.73 Å². The Morgan fingerprint density at radius 3 is 2.80 bits per heavy atom. The maximum Gasteiger partial charge on any atom is 0.223 e. The third kappa shape index (κ3) is 5.77. The SMILES string of the molecule is CCC1CN(C)CCCN1CCC(=O)N(C)CCCN. The molecule has 0 radical (unpaired) electrons. The molecule has 0 bridgehead atoms. The van der Waals surface area contributed by atoms with Gasteiger partial charge in [0.25, 0.3) is 0 Å². The molecule has 1 heterocycles. The Balaban J connectivity index is 2.39. The van der Waals surface area contributed by atoms with Gasteiger partial charge >= 0.3 is 0 Å². The van der Waals surface area contributed by atoms with E-state index in [2.05, 4.69) is 23.8 Å². The number of carbonyl (C=O) groups excluding carboxylic acids is 1. The summed E-state index contributed by atoms with van der Waals surface area (Å²) in [6.07, 6.45) is 3.86. The number of amides is 1. The number of nitrogens with two attached hydrogens (primary N) is 1. The molecule has 5 heteroatoms. The number of nitrogens with zero attached hydrogens (tertiary/aromatic N) is 3. The van der Waals surface area contributed by atoms with Crippen molar-refractivity contribution in [2.75, 3.05) is 53.4 Å². The predicted molar refractivity (Wildman–Crippen MR) is 83.7 cm³/mol. The van der Waals surface area contributed by atoms with Crippen LogP contribution in [0.25, 0.3) is 0 Å². The van der Waals surface area contributed by atoms with Gasteiger partial charge in [-0.15, -0.1) is 0 Å². The van der Waals surface area contributed by atoms with E-state index >= 15 is 0 Å². The Kier molecular flexibility index (Phi) is 8.11. The average molecular weight is 284 g/mol. The first-order valence-electron chi connectivity index (χ1n) is 7.95. The van der Waals surface area contributed by atoms with Crippen LogP contribution >= 0.6 is 0 Å². The van der Waals surface area contributed by atoms with E-state index in [1.54, 1.807) is 0 Å². The first-order chi connectivity index (χ1) is 9.58. The molecule has 1 rings (SSSR count). The van der Waals surface area contributed by atoms with Crippen LogP contribution in [0.5, 0.6) is 0 Å². The number of hydrogen-bond donors (Lipinski definition) is 1. The van der Waals surface area contributed by atoms with E-state index in [1.807, 2.05) is 11.9 Å². The lowest BCUT2D eigenvalue weighted by Crippen LogP contribution is -2.41. The Morgan fingerprint density at radius 1 is 1.40 bits per heavy atom. The normalized spacial score (nSPS) is 21.7. The van der Waals surface area contributed by atoms with Gasteiger partial charge in [0.15, 0.2) is 0 Å². The highest BCUT2D eigenvalue weighted by atomic mass is 16.2. The highest BCUT2D eigenvalue weighted by Gasteiger charge is 2.22. The summed E-state index contributed by atoms with van der Waals surface area (Å²) in [5.41, 5.74) is 5.48. The molecule has 1 fully saturated rings. The topological polar surface area (TPSA) is 52.8 Å². The minimum absolute atomic E-state index is 0.242. The molecule has 1 amide bonds. The van der Waals surface area contributed by atoms with Crippen LogP contribution in [0, 0.1) is 0 Å². The maximum absolute atomic E-state index is 12.1.